The number of ether oxygens (including phenoxy) is 2. The van der Waals surface area contributed by atoms with Crippen molar-refractivity contribution >= 4 is 17.3 Å². The number of esters is 1. The Kier molecular flexibility index (Phi) is 11.2. The van der Waals surface area contributed by atoms with Gasteiger partial charge < -0.3 is 29.9 Å². The van der Waals surface area contributed by atoms with Gasteiger partial charge in [0.25, 0.3) is 0 Å². The monoisotopic (exact) mass is 558 g/mol. The van der Waals surface area contributed by atoms with E-state index < -0.39 is 41.9 Å². The van der Waals surface area contributed by atoms with Crippen LogP contribution >= 0.6 is 11.3 Å². The summed E-state index contributed by atoms with van der Waals surface area (Å²) in [6, 6.07) is 7.94. The Labute approximate surface area is 223 Å². The quantitative estimate of drug-likeness (QED) is 0.167. The van der Waals surface area contributed by atoms with Gasteiger partial charge in [-0.3, -0.25) is 0 Å². The number of alkyl halides is 3. The molecule has 0 amide bonds. The van der Waals surface area contributed by atoms with Crippen LogP contribution in [0.25, 0.3) is 0 Å². The molecule has 0 radical (unpaired) electrons. The molecule has 1 aromatic heterocycles. The van der Waals surface area contributed by atoms with Gasteiger partial charge >= 0.3 is 12.1 Å². The predicted octanol–water partition coefficient (Wildman–Crippen LogP) is 3.98. The number of carbonyl (C=O) groups excluding carboxylic acids is 1. The maximum Gasteiger partial charge on any atom is 0.416 e. The summed E-state index contributed by atoms with van der Waals surface area (Å²) >= 11 is 1.33. The molecule has 5 atom stereocenters. The largest absolute Gasteiger partial charge is 0.491 e. The van der Waals surface area contributed by atoms with Crippen LogP contribution in [0.2, 0.25) is 0 Å². The summed E-state index contributed by atoms with van der Waals surface area (Å²) in [6.07, 6.45) is -1.45. The highest BCUT2D eigenvalue weighted by atomic mass is 32.1. The molecule has 1 aliphatic carbocycles. The van der Waals surface area contributed by atoms with Crippen molar-refractivity contribution in [3.8, 4) is 5.75 Å². The summed E-state index contributed by atoms with van der Waals surface area (Å²) in [5.74, 6) is -1.07. The molecule has 1 aromatic carbocycles. The third-order valence-corrected chi connectivity index (χ3v) is 7.54. The highest BCUT2D eigenvalue weighted by molar-refractivity contribution is 7.13. The topological polar surface area (TPSA) is 116 Å². The van der Waals surface area contributed by atoms with E-state index in [1.54, 1.807) is 12.1 Å². The van der Waals surface area contributed by atoms with Crippen molar-refractivity contribution in [1.82, 2.24) is 0 Å². The van der Waals surface area contributed by atoms with Crippen LogP contribution in [0.15, 0.2) is 48.6 Å². The maximum atomic E-state index is 12.9. The zero-order chi connectivity index (χ0) is 27.7. The first-order valence-corrected chi connectivity index (χ1v) is 13.3. The number of benzene rings is 1. The van der Waals surface area contributed by atoms with Gasteiger partial charge in [0, 0.05) is 30.2 Å². The molecule has 4 N–H and O–H groups in total. The summed E-state index contributed by atoms with van der Waals surface area (Å²) in [5.41, 5.74) is -0.845. The molecule has 0 saturated heterocycles. The van der Waals surface area contributed by atoms with Crippen molar-refractivity contribution < 1.29 is 47.9 Å². The molecular weight excluding hydrogens is 525 g/mol. The van der Waals surface area contributed by atoms with Gasteiger partial charge in [-0.05, 0) is 55.5 Å². The second kappa shape index (κ2) is 14.1. The zero-order valence-corrected chi connectivity index (χ0v) is 21.5. The molecule has 2 aromatic rings. The number of hydrogen-bond donors (Lipinski definition) is 4. The molecule has 210 valence electrons. The van der Waals surface area contributed by atoms with Gasteiger partial charge in [-0.25, -0.2) is 4.79 Å². The third-order valence-electron chi connectivity index (χ3n) is 6.41. The van der Waals surface area contributed by atoms with Gasteiger partial charge in [-0.1, -0.05) is 18.2 Å². The highest BCUT2D eigenvalue weighted by Crippen LogP contribution is 2.37. The first kappa shape index (κ1) is 30.1. The predicted molar refractivity (Wildman–Crippen MR) is 135 cm³/mol. The lowest BCUT2D eigenvalue weighted by molar-refractivity contribution is -0.137. The van der Waals surface area contributed by atoms with Crippen LogP contribution in [0.1, 0.15) is 45.8 Å². The smallest absolute Gasteiger partial charge is 0.416 e. The lowest BCUT2D eigenvalue weighted by Crippen LogP contribution is -2.22. The van der Waals surface area contributed by atoms with E-state index in [0.29, 0.717) is 30.6 Å². The Bertz CT molecular complexity index is 1060. The van der Waals surface area contributed by atoms with Crippen molar-refractivity contribution in [1.29, 1.82) is 0 Å². The van der Waals surface area contributed by atoms with Crippen LogP contribution in [0.4, 0.5) is 13.2 Å². The Morgan fingerprint density at radius 3 is 2.68 bits per heavy atom. The summed E-state index contributed by atoms with van der Waals surface area (Å²) in [6.45, 7) is -0.157. The van der Waals surface area contributed by atoms with Crippen molar-refractivity contribution in [2.24, 2.45) is 11.8 Å². The summed E-state index contributed by atoms with van der Waals surface area (Å²) in [4.78, 5) is 13.5. The van der Waals surface area contributed by atoms with E-state index in [0.717, 1.165) is 17.0 Å². The SMILES string of the molecule is O=C(OCCCO)c1ccc(CCC[C@@H]2[C@@H](C=C[C@@H](O)COc3cccc(C(F)(F)F)c3)[C@H](O)C[C@@H]2O)s1. The Morgan fingerprint density at radius 2 is 1.95 bits per heavy atom. The van der Waals surface area contributed by atoms with Gasteiger partial charge in [-0.2, -0.15) is 13.2 Å². The average Bonchev–Trinajstić information content (AvgIpc) is 3.45. The number of halogens is 3. The first-order valence-electron chi connectivity index (χ1n) is 12.5. The van der Waals surface area contributed by atoms with E-state index in [1.165, 1.54) is 29.5 Å². The van der Waals surface area contributed by atoms with E-state index in [1.807, 2.05) is 6.07 Å². The number of thiophene rings is 1. The fourth-order valence-corrected chi connectivity index (χ4v) is 5.41. The average molecular weight is 559 g/mol. The van der Waals surface area contributed by atoms with Crippen LogP contribution in [0.5, 0.6) is 5.75 Å². The molecule has 0 unspecified atom stereocenters. The third kappa shape index (κ3) is 8.81. The summed E-state index contributed by atoms with van der Waals surface area (Å²) in [7, 11) is 0. The molecule has 0 aliphatic heterocycles. The van der Waals surface area contributed by atoms with Gasteiger partial charge in [0.1, 0.15) is 23.3 Å². The van der Waals surface area contributed by atoms with E-state index in [9.17, 15) is 33.3 Å². The van der Waals surface area contributed by atoms with Crippen molar-refractivity contribution in [2.45, 2.75) is 56.6 Å². The fourth-order valence-electron chi connectivity index (χ4n) is 4.47. The van der Waals surface area contributed by atoms with Crippen LogP contribution < -0.4 is 4.74 Å². The van der Waals surface area contributed by atoms with Crippen LogP contribution in [-0.2, 0) is 17.3 Å². The molecule has 11 heteroatoms. The Morgan fingerprint density at radius 1 is 1.16 bits per heavy atom. The minimum atomic E-state index is -4.50. The van der Waals surface area contributed by atoms with Crippen molar-refractivity contribution in [3.05, 3.63) is 63.9 Å². The first-order chi connectivity index (χ1) is 18.1. The number of aliphatic hydroxyl groups excluding tert-OH is 4. The molecule has 38 heavy (non-hydrogen) atoms. The molecule has 3 rings (SSSR count). The molecule has 1 fully saturated rings. The van der Waals surface area contributed by atoms with Crippen molar-refractivity contribution in [2.75, 3.05) is 19.8 Å². The number of aliphatic hydroxyl groups is 4. The molecule has 7 nitrogen and oxygen atoms in total. The summed E-state index contributed by atoms with van der Waals surface area (Å²) < 4.78 is 48.9. The van der Waals surface area contributed by atoms with E-state index in [2.05, 4.69) is 0 Å². The Hall–Kier alpha value is -2.44. The van der Waals surface area contributed by atoms with Crippen LogP contribution in [0.3, 0.4) is 0 Å². The molecule has 0 spiro atoms. The number of rotatable bonds is 13. The highest BCUT2D eigenvalue weighted by Gasteiger charge is 2.39. The van der Waals surface area contributed by atoms with Gasteiger partial charge in [0.05, 0.1) is 24.4 Å². The van der Waals surface area contributed by atoms with E-state index >= 15 is 0 Å². The van der Waals surface area contributed by atoms with Gasteiger partial charge in [0.2, 0.25) is 0 Å². The van der Waals surface area contributed by atoms with Gasteiger partial charge in [-0.15, -0.1) is 11.3 Å². The van der Waals surface area contributed by atoms with Gasteiger partial charge in [0.15, 0.2) is 0 Å². The van der Waals surface area contributed by atoms with E-state index in [-0.39, 0.29) is 37.9 Å². The Balaban J connectivity index is 1.49. The van der Waals surface area contributed by atoms with Crippen LogP contribution in [-0.4, -0.2) is 64.5 Å². The lowest BCUT2D eigenvalue weighted by Gasteiger charge is -2.21. The number of carbonyl (C=O) groups is 1. The minimum Gasteiger partial charge on any atom is -0.491 e. The standard InChI is InChI=1S/C27H33F3O7S/c28-27(29,30)17-4-1-5-19(14-17)37-16-18(32)8-10-22-21(23(33)15-24(22)34)7-2-6-20-9-11-25(38-20)26(35)36-13-3-12-31/h1,4-5,8-11,14,18,21-24,31-34H,2-3,6-7,12-13,15-16H2/t18-,21-,22-,23+,24-/m1/s1. The molecule has 1 saturated carbocycles. The molecule has 1 heterocycles. The van der Waals surface area contributed by atoms with Crippen molar-refractivity contribution in [3.63, 3.8) is 0 Å². The summed E-state index contributed by atoms with van der Waals surface area (Å²) in [5, 5.41) is 39.9. The zero-order valence-electron chi connectivity index (χ0n) is 20.7. The fraction of sp³-hybridized carbons (Fsp3) is 0.519. The minimum absolute atomic E-state index is 0.0170. The molecule has 0 bridgehead atoms. The molecular formula is C27H33F3O7S. The number of hydrogen-bond acceptors (Lipinski definition) is 8. The van der Waals surface area contributed by atoms with E-state index in [4.69, 9.17) is 14.6 Å². The normalized spacial score (nSPS) is 22.6. The van der Waals surface area contributed by atoms with Crippen LogP contribution in [0, 0.1) is 11.8 Å². The lowest BCUT2D eigenvalue weighted by atomic mass is 9.88. The maximum absolute atomic E-state index is 12.9. The second-order valence-corrected chi connectivity index (χ2v) is 10.4. The molecule has 1 aliphatic rings. The second-order valence-electron chi connectivity index (χ2n) is 9.27. The number of aryl methyl sites for hydroxylation is 1.